The van der Waals surface area contributed by atoms with Gasteiger partial charge in [0.2, 0.25) is 0 Å². The number of carbonyl (C=O) groups excluding carboxylic acids is 2. The SMILES string of the molecule is CC.CCCC1=CCC(C)=CC1.COC(C)=O.COC(C)=O. The van der Waals surface area contributed by atoms with Crippen molar-refractivity contribution in [3.05, 3.63) is 23.3 Å². The van der Waals surface area contributed by atoms with E-state index >= 15 is 0 Å². The minimum Gasteiger partial charge on any atom is -0.469 e. The molecule has 0 amide bonds. The van der Waals surface area contributed by atoms with E-state index in [-0.39, 0.29) is 11.9 Å². The van der Waals surface area contributed by atoms with Crippen molar-refractivity contribution in [2.45, 2.75) is 67.2 Å². The van der Waals surface area contributed by atoms with Gasteiger partial charge in [-0.15, -0.1) is 0 Å². The van der Waals surface area contributed by atoms with Gasteiger partial charge in [0.1, 0.15) is 0 Å². The monoisotopic (exact) mass is 314 g/mol. The first-order valence-corrected chi connectivity index (χ1v) is 7.79. The predicted molar refractivity (Wildman–Crippen MR) is 92.7 cm³/mol. The number of methoxy groups -OCH3 is 2. The average molecular weight is 314 g/mol. The van der Waals surface area contributed by atoms with Gasteiger partial charge in [0, 0.05) is 13.8 Å². The molecule has 130 valence electrons. The van der Waals surface area contributed by atoms with Gasteiger partial charge in [0.25, 0.3) is 0 Å². The molecule has 1 rings (SSSR count). The molecule has 0 radical (unpaired) electrons. The lowest BCUT2D eigenvalue weighted by Gasteiger charge is -2.09. The summed E-state index contributed by atoms with van der Waals surface area (Å²) in [7, 11) is 2.70. The fourth-order valence-electron chi connectivity index (χ4n) is 1.30. The zero-order chi connectivity index (χ0) is 18.0. The summed E-state index contributed by atoms with van der Waals surface area (Å²) < 4.78 is 8.22. The van der Waals surface area contributed by atoms with E-state index < -0.39 is 0 Å². The van der Waals surface area contributed by atoms with E-state index in [1.807, 2.05) is 13.8 Å². The molecule has 0 fully saturated rings. The van der Waals surface area contributed by atoms with Crippen LogP contribution in [0.1, 0.15) is 67.2 Å². The molecule has 0 aromatic carbocycles. The molecule has 4 heteroatoms. The van der Waals surface area contributed by atoms with Crippen LogP contribution in [0.3, 0.4) is 0 Å². The van der Waals surface area contributed by atoms with Crippen molar-refractivity contribution in [3.8, 4) is 0 Å². The van der Waals surface area contributed by atoms with Gasteiger partial charge in [-0.2, -0.15) is 0 Å². The maximum Gasteiger partial charge on any atom is 0.302 e. The Bertz CT molecular complexity index is 327. The first kappa shape index (κ1) is 25.4. The Morgan fingerprint density at radius 1 is 1.00 bits per heavy atom. The molecule has 1 aliphatic rings. The fourth-order valence-corrected chi connectivity index (χ4v) is 1.30. The number of hydrogen-bond donors (Lipinski definition) is 0. The lowest BCUT2D eigenvalue weighted by atomic mass is 9.97. The van der Waals surface area contributed by atoms with Gasteiger partial charge in [-0.05, 0) is 26.2 Å². The molecule has 0 spiro atoms. The largest absolute Gasteiger partial charge is 0.469 e. The quantitative estimate of drug-likeness (QED) is 0.540. The molecule has 0 aromatic heterocycles. The number of allylic oxidation sites excluding steroid dienone is 4. The summed E-state index contributed by atoms with van der Waals surface area (Å²) in [5.74, 6) is -0.491. The van der Waals surface area contributed by atoms with E-state index in [2.05, 4.69) is 35.5 Å². The highest BCUT2D eigenvalue weighted by molar-refractivity contribution is 5.65. The van der Waals surface area contributed by atoms with E-state index in [0.717, 1.165) is 0 Å². The van der Waals surface area contributed by atoms with Crippen LogP contribution in [-0.4, -0.2) is 26.2 Å². The summed E-state index contributed by atoms with van der Waals surface area (Å²) in [6.07, 6.45) is 9.72. The molecule has 4 nitrogen and oxygen atoms in total. The van der Waals surface area contributed by atoms with Gasteiger partial charge in [0.15, 0.2) is 0 Å². The van der Waals surface area contributed by atoms with Crippen LogP contribution >= 0.6 is 0 Å². The third-order valence-electron chi connectivity index (χ3n) is 2.57. The van der Waals surface area contributed by atoms with E-state index in [1.165, 1.54) is 59.3 Å². The number of hydrogen-bond acceptors (Lipinski definition) is 4. The molecule has 0 N–H and O–H groups in total. The molecule has 0 atom stereocenters. The minimum atomic E-state index is -0.245. The van der Waals surface area contributed by atoms with Crippen LogP contribution in [0.2, 0.25) is 0 Å². The first-order chi connectivity index (χ1) is 10.4. The highest BCUT2D eigenvalue weighted by Gasteiger charge is 1.99. The Balaban J connectivity index is -0.000000257. The van der Waals surface area contributed by atoms with Crippen LogP contribution in [0.25, 0.3) is 0 Å². The Kier molecular flexibility index (Phi) is 22.4. The summed E-state index contributed by atoms with van der Waals surface area (Å²) in [5.41, 5.74) is 3.16. The van der Waals surface area contributed by atoms with Crippen molar-refractivity contribution in [3.63, 3.8) is 0 Å². The van der Waals surface area contributed by atoms with Crippen molar-refractivity contribution in [1.82, 2.24) is 0 Å². The van der Waals surface area contributed by atoms with Crippen molar-refractivity contribution in [1.29, 1.82) is 0 Å². The van der Waals surface area contributed by atoms with Gasteiger partial charge < -0.3 is 9.47 Å². The standard InChI is InChI=1S/C10H16.2C3H6O2.C2H6/c1-3-4-10-7-5-9(2)6-8-10;2*1-3(4)5-2;1-2/h5,8H,3-4,6-7H2,1-2H3;2*1-2H3;1-2H3. The zero-order valence-electron chi connectivity index (χ0n) is 15.6. The van der Waals surface area contributed by atoms with E-state index in [1.54, 1.807) is 5.57 Å². The summed E-state index contributed by atoms with van der Waals surface area (Å²) in [5, 5.41) is 0. The van der Waals surface area contributed by atoms with Crippen LogP contribution in [0.4, 0.5) is 0 Å². The Labute approximate surface area is 136 Å². The van der Waals surface area contributed by atoms with Crippen molar-refractivity contribution < 1.29 is 19.1 Å². The molecule has 0 saturated carbocycles. The van der Waals surface area contributed by atoms with Crippen LogP contribution < -0.4 is 0 Å². The lowest BCUT2D eigenvalue weighted by molar-refractivity contribution is -0.138. The molecule has 0 aliphatic heterocycles. The molecule has 0 unspecified atom stereocenters. The Hall–Kier alpha value is -1.58. The Morgan fingerprint density at radius 2 is 1.41 bits per heavy atom. The molecule has 1 aliphatic carbocycles. The number of carbonyl (C=O) groups is 2. The third kappa shape index (κ3) is 23.5. The maximum atomic E-state index is 9.59. The van der Waals surface area contributed by atoms with E-state index in [4.69, 9.17) is 0 Å². The van der Waals surface area contributed by atoms with Crippen LogP contribution in [-0.2, 0) is 19.1 Å². The summed E-state index contributed by atoms with van der Waals surface area (Å²) in [6.45, 7) is 11.2. The molecular weight excluding hydrogens is 280 g/mol. The highest BCUT2D eigenvalue weighted by atomic mass is 16.5. The second-order valence-electron chi connectivity index (χ2n) is 4.46. The van der Waals surface area contributed by atoms with Crippen molar-refractivity contribution in [2.75, 3.05) is 14.2 Å². The summed E-state index contributed by atoms with van der Waals surface area (Å²) >= 11 is 0. The van der Waals surface area contributed by atoms with E-state index in [9.17, 15) is 9.59 Å². The van der Waals surface area contributed by atoms with Gasteiger partial charge in [-0.1, -0.05) is 50.5 Å². The van der Waals surface area contributed by atoms with Crippen molar-refractivity contribution >= 4 is 11.9 Å². The molecule has 0 heterocycles. The third-order valence-corrected chi connectivity index (χ3v) is 2.57. The van der Waals surface area contributed by atoms with Gasteiger partial charge in [0.05, 0.1) is 14.2 Å². The maximum absolute atomic E-state index is 9.59. The zero-order valence-corrected chi connectivity index (χ0v) is 15.6. The normalized spacial score (nSPS) is 11.6. The minimum absolute atomic E-state index is 0.245. The predicted octanol–water partition coefficient (Wildman–Crippen LogP) is 4.84. The summed E-state index contributed by atoms with van der Waals surface area (Å²) in [4.78, 5) is 19.2. The average Bonchev–Trinajstić information content (AvgIpc) is 2.53. The molecular formula is C18H34O4. The summed E-state index contributed by atoms with van der Waals surface area (Å²) in [6, 6.07) is 0. The topological polar surface area (TPSA) is 52.6 Å². The molecule has 0 aromatic rings. The number of esters is 2. The smallest absolute Gasteiger partial charge is 0.302 e. The van der Waals surface area contributed by atoms with Gasteiger partial charge >= 0.3 is 11.9 Å². The van der Waals surface area contributed by atoms with Crippen LogP contribution in [0.15, 0.2) is 23.3 Å². The second-order valence-corrected chi connectivity index (χ2v) is 4.46. The van der Waals surface area contributed by atoms with Crippen LogP contribution in [0.5, 0.6) is 0 Å². The van der Waals surface area contributed by atoms with Crippen LogP contribution in [0, 0.1) is 0 Å². The second kappa shape index (κ2) is 19.4. The van der Waals surface area contributed by atoms with Gasteiger partial charge in [-0.3, -0.25) is 9.59 Å². The molecule has 0 bridgehead atoms. The number of rotatable bonds is 2. The lowest BCUT2D eigenvalue weighted by Crippen LogP contribution is -1.89. The first-order valence-electron chi connectivity index (χ1n) is 7.79. The molecule has 0 saturated heterocycles. The fraction of sp³-hybridized carbons (Fsp3) is 0.667. The van der Waals surface area contributed by atoms with E-state index in [0.29, 0.717) is 0 Å². The van der Waals surface area contributed by atoms with Gasteiger partial charge in [-0.25, -0.2) is 0 Å². The Morgan fingerprint density at radius 3 is 1.64 bits per heavy atom. The molecule has 22 heavy (non-hydrogen) atoms. The number of ether oxygens (including phenoxy) is 2. The highest BCUT2D eigenvalue weighted by Crippen LogP contribution is 2.19. The van der Waals surface area contributed by atoms with Crippen molar-refractivity contribution in [2.24, 2.45) is 0 Å².